The van der Waals surface area contributed by atoms with Gasteiger partial charge >= 0.3 is 0 Å². The van der Waals surface area contributed by atoms with Crippen LogP contribution >= 0.6 is 0 Å². The summed E-state index contributed by atoms with van der Waals surface area (Å²) >= 11 is 0. The summed E-state index contributed by atoms with van der Waals surface area (Å²) < 4.78 is 0. The number of nitrogens with zero attached hydrogens (tertiary/aromatic N) is 6. The summed E-state index contributed by atoms with van der Waals surface area (Å²) in [7, 11) is 0. The van der Waals surface area contributed by atoms with Crippen molar-refractivity contribution in [3.63, 3.8) is 0 Å². The lowest BCUT2D eigenvalue weighted by atomic mass is 9.89. The fraction of sp³-hybridized carbons (Fsp3) is 0.158. The molecule has 0 saturated heterocycles. The van der Waals surface area contributed by atoms with Gasteiger partial charge in [0.15, 0.2) is 17.4 Å². The molecule has 1 aliphatic carbocycles. The van der Waals surface area contributed by atoms with E-state index >= 15 is 0 Å². The van der Waals surface area contributed by atoms with Gasteiger partial charge in [0.25, 0.3) is 11.4 Å². The van der Waals surface area contributed by atoms with Gasteiger partial charge in [-0.05, 0) is 30.7 Å². The molecule has 0 amide bonds. The maximum Gasteiger partial charge on any atom is 0.296 e. The molecule has 2 atom stereocenters. The SMILES string of the molecule is CC1=C[C@H](N=Nc2ccccc2[N+](=O)[O-])C(=N)[C@H](N=Nc2ccccc2[N+](=O)[O-])C1=N. The summed E-state index contributed by atoms with van der Waals surface area (Å²) in [5.41, 5.74) is -0.0862. The highest BCUT2D eigenvalue weighted by Crippen LogP contribution is 2.30. The number of nitrogens with one attached hydrogen (secondary N) is 2. The Morgan fingerprint density at radius 1 is 0.839 bits per heavy atom. The van der Waals surface area contributed by atoms with Crippen LogP contribution in [0.15, 0.2) is 80.6 Å². The molecule has 0 unspecified atom stereocenters. The molecular formula is C19H16N8O4. The summed E-state index contributed by atoms with van der Waals surface area (Å²) in [5.74, 6) is 0. The minimum Gasteiger partial charge on any atom is -0.304 e. The second-order valence-electron chi connectivity index (χ2n) is 6.49. The van der Waals surface area contributed by atoms with Gasteiger partial charge in [0.1, 0.15) is 6.04 Å². The van der Waals surface area contributed by atoms with E-state index in [1.165, 1.54) is 42.5 Å². The number of azo groups is 2. The van der Waals surface area contributed by atoms with Crippen LogP contribution in [0.1, 0.15) is 6.92 Å². The van der Waals surface area contributed by atoms with Gasteiger partial charge in [0.05, 0.1) is 21.3 Å². The Morgan fingerprint density at radius 2 is 1.32 bits per heavy atom. The van der Waals surface area contributed by atoms with Gasteiger partial charge in [0, 0.05) is 12.1 Å². The molecule has 12 nitrogen and oxygen atoms in total. The van der Waals surface area contributed by atoms with Gasteiger partial charge in [0.2, 0.25) is 0 Å². The third-order valence-corrected chi connectivity index (χ3v) is 4.45. The molecule has 2 aromatic rings. The highest BCUT2D eigenvalue weighted by molar-refractivity contribution is 6.20. The van der Waals surface area contributed by atoms with Gasteiger partial charge in [-0.3, -0.25) is 20.2 Å². The summed E-state index contributed by atoms with van der Waals surface area (Å²) in [4.78, 5) is 21.1. The van der Waals surface area contributed by atoms with E-state index in [1.807, 2.05) is 0 Å². The first-order valence-corrected chi connectivity index (χ1v) is 8.93. The van der Waals surface area contributed by atoms with Crippen molar-refractivity contribution in [2.24, 2.45) is 20.5 Å². The van der Waals surface area contributed by atoms with Crippen molar-refractivity contribution < 1.29 is 9.85 Å². The zero-order valence-corrected chi connectivity index (χ0v) is 16.2. The first-order chi connectivity index (χ1) is 14.8. The van der Waals surface area contributed by atoms with E-state index in [1.54, 1.807) is 19.1 Å². The fourth-order valence-corrected chi connectivity index (χ4v) is 2.82. The molecule has 0 radical (unpaired) electrons. The summed E-state index contributed by atoms with van der Waals surface area (Å²) in [5, 5.41) is 54.7. The first kappa shape index (κ1) is 21.2. The van der Waals surface area contributed by atoms with Gasteiger partial charge in [-0.1, -0.05) is 24.3 Å². The molecular weight excluding hydrogens is 404 g/mol. The Bertz CT molecular complexity index is 1170. The lowest BCUT2D eigenvalue weighted by Crippen LogP contribution is -2.38. The molecule has 3 rings (SSSR count). The van der Waals surface area contributed by atoms with Crippen LogP contribution in [0.25, 0.3) is 0 Å². The number of nitro groups is 2. The quantitative estimate of drug-likeness (QED) is 0.374. The van der Waals surface area contributed by atoms with Crippen molar-refractivity contribution >= 4 is 34.2 Å². The summed E-state index contributed by atoms with van der Waals surface area (Å²) in [6, 6.07) is 9.52. The third-order valence-electron chi connectivity index (χ3n) is 4.45. The Labute approximate surface area is 175 Å². The van der Waals surface area contributed by atoms with Gasteiger partial charge in [-0.2, -0.15) is 10.2 Å². The Balaban J connectivity index is 1.90. The van der Waals surface area contributed by atoms with Crippen LogP contribution < -0.4 is 0 Å². The molecule has 0 saturated carbocycles. The topological polar surface area (TPSA) is 183 Å². The highest BCUT2D eigenvalue weighted by atomic mass is 16.6. The van der Waals surface area contributed by atoms with E-state index in [0.717, 1.165) is 0 Å². The number of rotatable bonds is 6. The molecule has 12 heteroatoms. The number of para-hydroxylation sites is 2. The first-order valence-electron chi connectivity index (χ1n) is 8.93. The van der Waals surface area contributed by atoms with Gasteiger partial charge < -0.3 is 10.8 Å². The Morgan fingerprint density at radius 3 is 1.84 bits per heavy atom. The second-order valence-corrected chi connectivity index (χ2v) is 6.49. The van der Waals surface area contributed by atoms with Crippen molar-refractivity contribution in [3.8, 4) is 0 Å². The molecule has 156 valence electrons. The number of benzene rings is 2. The Hall–Kier alpha value is -4.48. The van der Waals surface area contributed by atoms with Crippen LogP contribution in [0.4, 0.5) is 22.7 Å². The van der Waals surface area contributed by atoms with Crippen molar-refractivity contribution in [1.29, 1.82) is 10.8 Å². The average molecular weight is 420 g/mol. The van der Waals surface area contributed by atoms with Gasteiger partial charge in [-0.15, -0.1) is 10.2 Å². The predicted octanol–water partition coefficient (Wildman–Crippen LogP) is 5.11. The van der Waals surface area contributed by atoms with Crippen LogP contribution in [-0.2, 0) is 0 Å². The molecule has 0 aromatic heterocycles. The molecule has 1 aliphatic rings. The van der Waals surface area contributed by atoms with Crippen LogP contribution in [-0.4, -0.2) is 33.4 Å². The zero-order valence-electron chi connectivity index (χ0n) is 16.2. The van der Waals surface area contributed by atoms with Crippen LogP contribution in [0.3, 0.4) is 0 Å². The molecule has 0 bridgehead atoms. The maximum absolute atomic E-state index is 11.1. The smallest absolute Gasteiger partial charge is 0.296 e. The van der Waals surface area contributed by atoms with E-state index < -0.39 is 21.9 Å². The average Bonchev–Trinajstić information content (AvgIpc) is 2.75. The third kappa shape index (κ3) is 4.58. The fourth-order valence-electron chi connectivity index (χ4n) is 2.82. The standard InChI is InChI=1S/C19H16N8O4/c1-11-10-14(24-22-12-6-2-4-8-15(12)26(28)29)18(21)19(17(11)20)25-23-13-7-3-5-9-16(13)27(30)31/h2-10,14,19-21H,1H3/t14-,19+/m0/s1. The van der Waals surface area contributed by atoms with Crippen molar-refractivity contribution in [3.05, 3.63) is 80.4 Å². The van der Waals surface area contributed by atoms with Crippen LogP contribution in [0.5, 0.6) is 0 Å². The van der Waals surface area contributed by atoms with Gasteiger partial charge in [-0.25, -0.2) is 0 Å². The number of hydrogen-bond donors (Lipinski definition) is 2. The monoisotopic (exact) mass is 420 g/mol. The van der Waals surface area contributed by atoms with Crippen molar-refractivity contribution in [2.75, 3.05) is 0 Å². The van der Waals surface area contributed by atoms with E-state index in [2.05, 4.69) is 20.5 Å². The largest absolute Gasteiger partial charge is 0.304 e. The molecule has 2 N–H and O–H groups in total. The van der Waals surface area contributed by atoms with E-state index in [0.29, 0.717) is 5.57 Å². The summed E-state index contributed by atoms with van der Waals surface area (Å²) in [6.07, 6.45) is 1.53. The molecule has 2 aromatic carbocycles. The maximum atomic E-state index is 11.1. The highest BCUT2D eigenvalue weighted by Gasteiger charge is 2.32. The lowest BCUT2D eigenvalue weighted by Gasteiger charge is -2.23. The van der Waals surface area contributed by atoms with Crippen LogP contribution in [0.2, 0.25) is 0 Å². The molecule has 0 spiro atoms. The molecule has 0 heterocycles. The molecule has 0 aliphatic heterocycles. The normalized spacial score (nSPS) is 19.1. The van der Waals surface area contributed by atoms with Crippen molar-refractivity contribution in [2.45, 2.75) is 19.0 Å². The predicted molar refractivity (Wildman–Crippen MR) is 112 cm³/mol. The summed E-state index contributed by atoms with van der Waals surface area (Å²) in [6.45, 7) is 1.63. The van der Waals surface area contributed by atoms with Crippen LogP contribution in [0, 0.1) is 31.0 Å². The van der Waals surface area contributed by atoms with E-state index in [-0.39, 0.29) is 34.2 Å². The molecule has 31 heavy (non-hydrogen) atoms. The number of nitro benzene ring substituents is 2. The minimum atomic E-state index is -1.11. The second kappa shape index (κ2) is 8.90. The zero-order chi connectivity index (χ0) is 22.5. The number of hydrogen-bond acceptors (Lipinski definition) is 10. The van der Waals surface area contributed by atoms with E-state index in [9.17, 15) is 20.2 Å². The molecule has 0 fully saturated rings. The van der Waals surface area contributed by atoms with Crippen molar-refractivity contribution in [1.82, 2.24) is 0 Å². The lowest BCUT2D eigenvalue weighted by molar-refractivity contribution is -0.384. The Kier molecular flexibility index (Phi) is 6.10. The van der Waals surface area contributed by atoms with E-state index in [4.69, 9.17) is 10.8 Å². The minimum absolute atomic E-state index is 0.00149.